The van der Waals surface area contributed by atoms with Gasteiger partial charge in [-0.3, -0.25) is 4.79 Å². The van der Waals surface area contributed by atoms with Crippen LogP contribution in [0.3, 0.4) is 0 Å². The fourth-order valence-corrected chi connectivity index (χ4v) is 7.81. The second-order valence-corrected chi connectivity index (χ2v) is 15.1. The Morgan fingerprint density at radius 2 is 1.37 bits per heavy atom. The highest BCUT2D eigenvalue weighted by molar-refractivity contribution is 5.81. The van der Waals surface area contributed by atoms with E-state index in [0.29, 0.717) is 48.2 Å². The van der Waals surface area contributed by atoms with Crippen LogP contribution >= 0.6 is 0 Å². The molecule has 0 aromatic rings. The Morgan fingerprint density at radius 1 is 0.846 bits per heavy atom. The molecule has 2 aliphatic rings. The van der Waals surface area contributed by atoms with Crippen molar-refractivity contribution in [3.05, 3.63) is 0 Å². The zero-order valence-electron chi connectivity index (χ0n) is 38.0. The predicted molar refractivity (Wildman–Crippen MR) is 222 cm³/mol. The van der Waals surface area contributed by atoms with Gasteiger partial charge in [-0.05, 0) is 87.9 Å². The lowest BCUT2D eigenvalue weighted by molar-refractivity contribution is -0.263. The van der Waals surface area contributed by atoms with Crippen molar-refractivity contribution in [3.8, 4) is 0 Å². The molecule has 0 radical (unpaired) electrons. The summed E-state index contributed by atoms with van der Waals surface area (Å²) in [7, 11) is 3.15. The number of carbonyl (C=O) groups excluding carboxylic acids is 1. The molecule has 4 N–H and O–H groups in total. The van der Waals surface area contributed by atoms with Gasteiger partial charge in [0.1, 0.15) is 11.9 Å². The number of ether oxygens (including phenoxy) is 3. The summed E-state index contributed by atoms with van der Waals surface area (Å²) in [5, 5.41) is 39.1. The SMILES string of the molecule is CC.CC.CC.CCC(O)C(CC)OC.CCCC(C)C1CC(=O)[C@H](CC)CC(C)CC(C)CC(C)C(O)[C@@H]1C.COC1(C)CC(O)OC(C)C1O. The van der Waals surface area contributed by atoms with Crippen LogP contribution in [0.15, 0.2) is 0 Å². The standard InChI is InChI=1S/C23H44O2.C8H16O4.C7H16O2.3C2H6/c1-8-10-17(5)21-14-22(24)20(9-2)13-16(4)11-15(3)12-18(6)23(25)19(21)7;1-5-7(10)8(2,11-3)4-6(9)12-5;1-4-6(8)7(5-2)9-3;3*1-2/h15-21,23,25H,8-14H2,1-7H3;5-7,9-10H,4H2,1-3H3;6-8H,4-5H2,1-3H3;3*1-2H3/t15?,16?,17?,18?,19-,20-,21?,23?;;;;;/m1...../s1. The Morgan fingerprint density at radius 3 is 1.77 bits per heavy atom. The minimum Gasteiger partial charge on any atom is -0.393 e. The Labute approximate surface area is 324 Å². The van der Waals surface area contributed by atoms with Crippen LogP contribution in [0.4, 0.5) is 0 Å². The minimum atomic E-state index is -0.839. The monoisotopic (exact) mass is 751 g/mol. The molecule has 8 nitrogen and oxygen atoms in total. The van der Waals surface area contributed by atoms with Crippen LogP contribution < -0.4 is 0 Å². The van der Waals surface area contributed by atoms with E-state index >= 15 is 0 Å². The van der Waals surface area contributed by atoms with Crippen LogP contribution in [0.25, 0.3) is 0 Å². The molecule has 8 heteroatoms. The van der Waals surface area contributed by atoms with Gasteiger partial charge in [-0.15, -0.1) is 0 Å². The smallest absolute Gasteiger partial charge is 0.157 e. The van der Waals surface area contributed by atoms with Crippen molar-refractivity contribution in [1.29, 1.82) is 0 Å². The lowest BCUT2D eigenvalue weighted by Gasteiger charge is -2.42. The molecule has 1 aliphatic carbocycles. The molecule has 0 amide bonds. The largest absolute Gasteiger partial charge is 0.393 e. The second kappa shape index (κ2) is 33.7. The highest BCUT2D eigenvalue weighted by Crippen LogP contribution is 2.37. The number of hydrogen-bond donors (Lipinski definition) is 4. The maximum atomic E-state index is 13.1. The van der Waals surface area contributed by atoms with Crippen LogP contribution in [0, 0.1) is 41.4 Å². The molecular weight excluding hydrogens is 656 g/mol. The van der Waals surface area contributed by atoms with E-state index < -0.39 is 24.1 Å². The molecule has 318 valence electrons. The fourth-order valence-electron chi connectivity index (χ4n) is 7.81. The van der Waals surface area contributed by atoms with Gasteiger partial charge in [-0.25, -0.2) is 0 Å². The first-order valence-electron chi connectivity index (χ1n) is 21.4. The summed E-state index contributed by atoms with van der Waals surface area (Å²) in [5.74, 6) is 3.18. The van der Waals surface area contributed by atoms with E-state index in [-0.39, 0.29) is 30.1 Å². The van der Waals surface area contributed by atoms with Crippen LogP contribution in [-0.2, 0) is 19.0 Å². The molecule has 2 fully saturated rings. The number of ketones is 1. The molecule has 14 atom stereocenters. The van der Waals surface area contributed by atoms with Gasteiger partial charge in [0.25, 0.3) is 0 Å². The van der Waals surface area contributed by atoms with Gasteiger partial charge in [0.15, 0.2) is 6.29 Å². The molecule has 0 aromatic heterocycles. The number of aliphatic hydroxyl groups excluding tert-OH is 4. The maximum Gasteiger partial charge on any atom is 0.157 e. The molecule has 0 aromatic carbocycles. The summed E-state index contributed by atoms with van der Waals surface area (Å²) >= 11 is 0. The molecule has 1 saturated carbocycles. The highest BCUT2D eigenvalue weighted by Gasteiger charge is 2.44. The third-order valence-electron chi connectivity index (χ3n) is 11.0. The molecule has 1 heterocycles. The zero-order valence-corrected chi connectivity index (χ0v) is 38.0. The molecule has 0 spiro atoms. The molecule has 1 saturated heterocycles. The van der Waals surface area contributed by atoms with Crippen LogP contribution in [0.2, 0.25) is 0 Å². The number of aliphatic hydroxyl groups is 4. The average molecular weight is 751 g/mol. The van der Waals surface area contributed by atoms with Crippen molar-refractivity contribution in [3.63, 3.8) is 0 Å². The summed E-state index contributed by atoms with van der Waals surface area (Å²) in [6.45, 7) is 35.1. The second-order valence-electron chi connectivity index (χ2n) is 15.1. The van der Waals surface area contributed by atoms with Crippen LogP contribution in [0.1, 0.15) is 182 Å². The summed E-state index contributed by atoms with van der Waals surface area (Å²) in [4.78, 5) is 13.1. The number of carbonyl (C=O) groups is 1. The molecule has 2 rings (SSSR count). The van der Waals surface area contributed by atoms with Crippen LogP contribution in [0.5, 0.6) is 0 Å². The third kappa shape index (κ3) is 22.1. The number of methoxy groups -OCH3 is 2. The van der Waals surface area contributed by atoms with E-state index in [2.05, 4.69) is 48.5 Å². The zero-order chi connectivity index (χ0) is 41.8. The first-order chi connectivity index (χ1) is 24.5. The van der Waals surface area contributed by atoms with E-state index in [1.807, 2.05) is 55.4 Å². The van der Waals surface area contributed by atoms with E-state index in [4.69, 9.17) is 14.2 Å². The lowest BCUT2D eigenvalue weighted by atomic mass is 9.70. The minimum absolute atomic E-state index is 0.0231. The molecule has 12 unspecified atom stereocenters. The van der Waals surface area contributed by atoms with Gasteiger partial charge >= 0.3 is 0 Å². The Hall–Kier alpha value is -0.610. The van der Waals surface area contributed by atoms with Crippen LogP contribution in [-0.4, -0.2) is 82.8 Å². The Kier molecular flexibility index (Phi) is 37.7. The van der Waals surface area contributed by atoms with E-state index in [1.54, 1.807) is 21.0 Å². The first-order valence-corrected chi connectivity index (χ1v) is 21.4. The van der Waals surface area contributed by atoms with Gasteiger partial charge in [0, 0.05) is 33.0 Å². The van der Waals surface area contributed by atoms with Crippen molar-refractivity contribution in [2.75, 3.05) is 14.2 Å². The third-order valence-corrected chi connectivity index (χ3v) is 11.0. The number of rotatable bonds is 9. The van der Waals surface area contributed by atoms with E-state index in [9.17, 15) is 25.2 Å². The summed E-state index contributed by atoms with van der Waals surface area (Å²) in [6, 6.07) is 0. The number of Topliss-reactive ketones (excluding diaryl/α,β-unsaturated/α-hetero) is 1. The summed E-state index contributed by atoms with van der Waals surface area (Å²) < 4.78 is 15.2. The molecular formula is C44H94O8. The fraction of sp³-hybridized carbons (Fsp3) is 0.977. The van der Waals surface area contributed by atoms with Gasteiger partial charge in [0.05, 0.1) is 30.0 Å². The maximum absolute atomic E-state index is 13.1. The highest BCUT2D eigenvalue weighted by atomic mass is 16.6. The van der Waals surface area contributed by atoms with Crippen molar-refractivity contribution < 1.29 is 39.4 Å². The Bertz CT molecular complexity index is 792. The van der Waals surface area contributed by atoms with Crippen molar-refractivity contribution in [1.82, 2.24) is 0 Å². The quantitative estimate of drug-likeness (QED) is 0.184. The van der Waals surface area contributed by atoms with E-state index in [1.165, 1.54) is 13.5 Å². The predicted octanol–water partition coefficient (Wildman–Crippen LogP) is 10.3. The van der Waals surface area contributed by atoms with Gasteiger partial charge in [0.2, 0.25) is 0 Å². The van der Waals surface area contributed by atoms with Gasteiger partial charge in [-0.2, -0.15) is 0 Å². The first kappa shape index (κ1) is 58.1. The number of hydrogen-bond acceptors (Lipinski definition) is 8. The summed E-state index contributed by atoms with van der Waals surface area (Å²) in [6.07, 6.45) is 6.68. The van der Waals surface area contributed by atoms with Gasteiger partial charge < -0.3 is 34.6 Å². The van der Waals surface area contributed by atoms with Crippen molar-refractivity contribution in [2.45, 2.75) is 224 Å². The lowest BCUT2D eigenvalue weighted by Crippen LogP contribution is -2.55. The van der Waals surface area contributed by atoms with Gasteiger partial charge in [-0.1, -0.05) is 117 Å². The van der Waals surface area contributed by atoms with Crippen molar-refractivity contribution >= 4 is 5.78 Å². The van der Waals surface area contributed by atoms with Crippen molar-refractivity contribution in [2.24, 2.45) is 41.4 Å². The Balaban J connectivity index is -0.000000353. The molecule has 1 aliphatic heterocycles. The molecule has 0 bridgehead atoms. The van der Waals surface area contributed by atoms with E-state index in [0.717, 1.165) is 44.9 Å². The molecule has 52 heavy (non-hydrogen) atoms. The summed E-state index contributed by atoms with van der Waals surface area (Å²) in [5.41, 5.74) is -0.697. The normalized spacial score (nSPS) is 34.0. The topological polar surface area (TPSA) is 126 Å². The average Bonchev–Trinajstić information content (AvgIpc) is 3.14.